The fourth-order valence-corrected chi connectivity index (χ4v) is 1.41. The zero-order valence-electron chi connectivity index (χ0n) is 8.32. The highest BCUT2D eigenvalue weighted by Gasteiger charge is 2.06. The van der Waals surface area contributed by atoms with Crippen molar-refractivity contribution in [2.24, 2.45) is 0 Å². The van der Waals surface area contributed by atoms with Crippen LogP contribution < -0.4 is 5.32 Å². The van der Waals surface area contributed by atoms with E-state index in [0.717, 1.165) is 16.5 Å². The van der Waals surface area contributed by atoms with Crippen LogP contribution >= 0.6 is 0 Å². The van der Waals surface area contributed by atoms with Gasteiger partial charge in [-0.3, -0.25) is 0 Å². The van der Waals surface area contributed by atoms with Crippen LogP contribution in [0.3, 0.4) is 0 Å². The molecule has 15 heavy (non-hydrogen) atoms. The summed E-state index contributed by atoms with van der Waals surface area (Å²) in [4.78, 5) is 10.9. The summed E-state index contributed by atoms with van der Waals surface area (Å²) in [6.45, 7) is 0.406. The number of fused-ring (bicyclic) bond motifs is 1. The SMILES string of the molecule is COC(=O)NCc1coc2ccccc12. The van der Waals surface area contributed by atoms with Crippen LogP contribution in [0.5, 0.6) is 0 Å². The van der Waals surface area contributed by atoms with E-state index in [2.05, 4.69) is 10.1 Å². The molecule has 0 atom stereocenters. The first-order chi connectivity index (χ1) is 7.31. The van der Waals surface area contributed by atoms with E-state index in [1.807, 2.05) is 24.3 Å². The Bertz CT molecular complexity index is 475. The number of nitrogens with one attached hydrogen (secondary N) is 1. The van der Waals surface area contributed by atoms with Gasteiger partial charge >= 0.3 is 6.09 Å². The number of ether oxygens (including phenoxy) is 1. The van der Waals surface area contributed by atoms with Crippen molar-refractivity contribution in [1.82, 2.24) is 5.32 Å². The van der Waals surface area contributed by atoms with Crippen LogP contribution in [0.1, 0.15) is 5.56 Å². The molecule has 0 unspecified atom stereocenters. The number of alkyl carbamates (subject to hydrolysis) is 1. The minimum atomic E-state index is -0.444. The summed E-state index contributed by atoms with van der Waals surface area (Å²) in [5.74, 6) is 0. The fourth-order valence-electron chi connectivity index (χ4n) is 1.41. The molecule has 2 rings (SSSR count). The van der Waals surface area contributed by atoms with E-state index in [0.29, 0.717) is 6.54 Å². The largest absolute Gasteiger partial charge is 0.464 e. The summed E-state index contributed by atoms with van der Waals surface area (Å²) >= 11 is 0. The number of para-hydroxylation sites is 1. The van der Waals surface area contributed by atoms with Gasteiger partial charge in [0.25, 0.3) is 0 Å². The quantitative estimate of drug-likeness (QED) is 0.818. The first-order valence-corrected chi connectivity index (χ1v) is 4.58. The maximum Gasteiger partial charge on any atom is 0.407 e. The predicted octanol–water partition coefficient (Wildman–Crippen LogP) is 2.29. The molecule has 4 heteroatoms. The van der Waals surface area contributed by atoms with Gasteiger partial charge in [-0.15, -0.1) is 0 Å². The molecule has 0 fully saturated rings. The number of hydrogen-bond donors (Lipinski definition) is 1. The Morgan fingerprint density at radius 3 is 3.07 bits per heavy atom. The zero-order chi connectivity index (χ0) is 10.7. The minimum absolute atomic E-state index is 0.406. The van der Waals surface area contributed by atoms with Crippen molar-refractivity contribution in [3.8, 4) is 0 Å². The standard InChI is InChI=1S/C11H11NO3/c1-14-11(13)12-6-8-7-15-10-5-3-2-4-9(8)10/h2-5,7H,6H2,1H3,(H,12,13). The van der Waals surface area contributed by atoms with Crippen LogP contribution in [0.2, 0.25) is 0 Å². The Hall–Kier alpha value is -1.97. The first kappa shape index (κ1) is 9.58. The second-order valence-corrected chi connectivity index (χ2v) is 3.10. The predicted molar refractivity (Wildman–Crippen MR) is 55.5 cm³/mol. The smallest absolute Gasteiger partial charge is 0.407 e. The van der Waals surface area contributed by atoms with Crippen molar-refractivity contribution >= 4 is 17.1 Å². The molecule has 0 bridgehead atoms. The highest BCUT2D eigenvalue weighted by atomic mass is 16.5. The molecule has 0 aliphatic heterocycles. The number of carbonyl (C=O) groups excluding carboxylic acids is 1. The van der Waals surface area contributed by atoms with Crippen molar-refractivity contribution in [1.29, 1.82) is 0 Å². The highest BCUT2D eigenvalue weighted by molar-refractivity contribution is 5.81. The molecule has 1 aromatic carbocycles. The lowest BCUT2D eigenvalue weighted by atomic mass is 10.2. The van der Waals surface area contributed by atoms with Crippen molar-refractivity contribution < 1.29 is 13.9 Å². The van der Waals surface area contributed by atoms with E-state index in [9.17, 15) is 4.79 Å². The van der Waals surface area contributed by atoms with Crippen LogP contribution in [0.25, 0.3) is 11.0 Å². The second kappa shape index (κ2) is 4.04. The van der Waals surface area contributed by atoms with Gasteiger partial charge in [0, 0.05) is 17.5 Å². The second-order valence-electron chi connectivity index (χ2n) is 3.10. The van der Waals surface area contributed by atoms with Crippen molar-refractivity contribution in [2.45, 2.75) is 6.54 Å². The maximum absolute atomic E-state index is 10.9. The number of rotatable bonds is 2. The van der Waals surface area contributed by atoms with E-state index in [-0.39, 0.29) is 0 Å². The van der Waals surface area contributed by atoms with Gasteiger partial charge in [0.1, 0.15) is 5.58 Å². The Kier molecular flexibility index (Phi) is 2.58. The van der Waals surface area contributed by atoms with Gasteiger partial charge in [-0.25, -0.2) is 4.79 Å². The summed E-state index contributed by atoms with van der Waals surface area (Å²) in [5, 5.41) is 3.61. The van der Waals surface area contributed by atoms with Crippen LogP contribution in [0, 0.1) is 0 Å². The molecule has 0 aliphatic carbocycles. The number of amides is 1. The van der Waals surface area contributed by atoms with Crippen molar-refractivity contribution in [3.63, 3.8) is 0 Å². The lowest BCUT2D eigenvalue weighted by Crippen LogP contribution is -2.21. The summed E-state index contributed by atoms with van der Waals surface area (Å²) in [5.41, 5.74) is 1.76. The number of carbonyl (C=O) groups is 1. The van der Waals surface area contributed by atoms with Gasteiger partial charge < -0.3 is 14.5 Å². The summed E-state index contributed by atoms with van der Waals surface area (Å²) < 4.78 is 9.80. The van der Waals surface area contributed by atoms with Gasteiger partial charge in [0.2, 0.25) is 0 Å². The third-order valence-corrected chi connectivity index (χ3v) is 2.17. The molecule has 4 nitrogen and oxygen atoms in total. The maximum atomic E-state index is 10.9. The fraction of sp³-hybridized carbons (Fsp3) is 0.182. The van der Waals surface area contributed by atoms with Crippen LogP contribution in [0.4, 0.5) is 4.79 Å². The molecule has 0 spiro atoms. The van der Waals surface area contributed by atoms with Crippen LogP contribution in [-0.2, 0) is 11.3 Å². The summed E-state index contributed by atoms with van der Waals surface area (Å²) in [6.07, 6.45) is 1.20. The monoisotopic (exact) mass is 205 g/mol. The molecule has 0 radical (unpaired) electrons. The average molecular weight is 205 g/mol. The van der Waals surface area contributed by atoms with Gasteiger partial charge in [-0.2, -0.15) is 0 Å². The van der Waals surface area contributed by atoms with Gasteiger partial charge in [0.15, 0.2) is 0 Å². The number of benzene rings is 1. The summed E-state index contributed by atoms with van der Waals surface area (Å²) in [6, 6.07) is 7.67. The molecular weight excluding hydrogens is 194 g/mol. The number of hydrogen-bond acceptors (Lipinski definition) is 3. The number of furan rings is 1. The molecule has 0 aliphatic rings. The molecule has 0 saturated heterocycles. The van der Waals surface area contributed by atoms with Crippen molar-refractivity contribution in [2.75, 3.05) is 7.11 Å². The topological polar surface area (TPSA) is 51.5 Å². The Morgan fingerprint density at radius 2 is 2.27 bits per heavy atom. The van der Waals surface area contributed by atoms with E-state index in [1.165, 1.54) is 7.11 Å². The lowest BCUT2D eigenvalue weighted by Gasteiger charge is -2.00. The van der Waals surface area contributed by atoms with Crippen LogP contribution in [-0.4, -0.2) is 13.2 Å². The van der Waals surface area contributed by atoms with E-state index in [1.54, 1.807) is 6.26 Å². The average Bonchev–Trinajstić information content (AvgIpc) is 2.69. The Labute approximate surface area is 86.8 Å². The van der Waals surface area contributed by atoms with E-state index < -0.39 is 6.09 Å². The molecule has 0 saturated carbocycles. The van der Waals surface area contributed by atoms with Gasteiger partial charge in [-0.1, -0.05) is 18.2 Å². The molecule has 2 aromatic rings. The molecular formula is C11H11NO3. The van der Waals surface area contributed by atoms with Gasteiger partial charge in [0.05, 0.1) is 13.4 Å². The third-order valence-electron chi connectivity index (χ3n) is 2.17. The van der Waals surface area contributed by atoms with E-state index in [4.69, 9.17) is 4.42 Å². The molecule has 1 heterocycles. The minimum Gasteiger partial charge on any atom is -0.464 e. The molecule has 1 N–H and O–H groups in total. The molecule has 1 amide bonds. The van der Waals surface area contributed by atoms with Crippen molar-refractivity contribution in [3.05, 3.63) is 36.1 Å². The lowest BCUT2D eigenvalue weighted by molar-refractivity contribution is 0.170. The third kappa shape index (κ3) is 1.93. The molecule has 78 valence electrons. The van der Waals surface area contributed by atoms with Gasteiger partial charge in [-0.05, 0) is 6.07 Å². The zero-order valence-corrected chi connectivity index (χ0v) is 8.32. The highest BCUT2D eigenvalue weighted by Crippen LogP contribution is 2.20. The normalized spacial score (nSPS) is 10.2. The first-order valence-electron chi connectivity index (χ1n) is 4.58. The Balaban J connectivity index is 2.18. The molecule has 1 aromatic heterocycles. The van der Waals surface area contributed by atoms with E-state index >= 15 is 0 Å². The number of methoxy groups -OCH3 is 1. The van der Waals surface area contributed by atoms with Crippen LogP contribution in [0.15, 0.2) is 34.9 Å². The Morgan fingerprint density at radius 1 is 1.47 bits per heavy atom. The summed E-state index contributed by atoms with van der Waals surface area (Å²) in [7, 11) is 1.34.